The Balaban J connectivity index is 2.61. The third-order valence-electron chi connectivity index (χ3n) is 3.37. The first-order chi connectivity index (χ1) is 11.7. The van der Waals surface area contributed by atoms with Crippen LogP contribution in [0.3, 0.4) is 0 Å². The van der Waals surface area contributed by atoms with Crippen molar-refractivity contribution in [1.82, 2.24) is 4.57 Å². The van der Waals surface area contributed by atoms with Crippen molar-refractivity contribution in [1.29, 1.82) is 0 Å². The van der Waals surface area contributed by atoms with Crippen LogP contribution in [-0.4, -0.2) is 28.5 Å². The summed E-state index contributed by atoms with van der Waals surface area (Å²) in [6.07, 6.45) is 0.902. The number of hydrogen-bond acceptors (Lipinski definition) is 6. The van der Waals surface area contributed by atoms with Gasteiger partial charge in [-0.3, -0.25) is 19.7 Å². The van der Waals surface area contributed by atoms with E-state index >= 15 is 0 Å². The lowest BCUT2D eigenvalue weighted by Crippen LogP contribution is -2.30. The summed E-state index contributed by atoms with van der Waals surface area (Å²) in [5.41, 5.74) is 3.11. The molecule has 130 valence electrons. The molecule has 10 heteroatoms. The Bertz CT molecular complexity index is 937. The summed E-state index contributed by atoms with van der Waals surface area (Å²) >= 11 is 0. The van der Waals surface area contributed by atoms with Crippen molar-refractivity contribution in [2.45, 2.75) is 6.54 Å². The molecule has 1 heterocycles. The van der Waals surface area contributed by atoms with E-state index in [1.54, 1.807) is 0 Å². The molecule has 0 fully saturated rings. The van der Waals surface area contributed by atoms with E-state index in [0.717, 1.165) is 36.1 Å². The molecule has 1 amide bonds. The van der Waals surface area contributed by atoms with Crippen LogP contribution in [0.2, 0.25) is 0 Å². The number of nitrogens with two attached hydrogens (primary N) is 1. The van der Waals surface area contributed by atoms with Crippen molar-refractivity contribution in [2.75, 3.05) is 7.11 Å². The Kier molecular flexibility index (Phi) is 4.92. The molecular formula is C15H12FN3O6. The summed E-state index contributed by atoms with van der Waals surface area (Å²) < 4.78 is 18.8. The summed E-state index contributed by atoms with van der Waals surface area (Å²) in [6.45, 7) is -0.328. The molecule has 2 N–H and O–H groups in total. The molecule has 0 unspecified atom stereocenters. The summed E-state index contributed by atoms with van der Waals surface area (Å²) in [4.78, 5) is 45.5. The molecule has 0 aliphatic heterocycles. The monoisotopic (exact) mass is 349 g/mol. The molecule has 0 bridgehead atoms. The number of hydrogen-bond donors (Lipinski definition) is 1. The van der Waals surface area contributed by atoms with Gasteiger partial charge in [-0.1, -0.05) is 6.07 Å². The van der Waals surface area contributed by atoms with Crippen molar-refractivity contribution < 1.29 is 23.6 Å². The lowest BCUT2D eigenvalue weighted by Gasteiger charge is -2.11. The van der Waals surface area contributed by atoms with Crippen LogP contribution in [0.25, 0.3) is 0 Å². The van der Waals surface area contributed by atoms with Crippen molar-refractivity contribution in [3.8, 4) is 0 Å². The van der Waals surface area contributed by atoms with E-state index in [2.05, 4.69) is 4.74 Å². The first-order valence-electron chi connectivity index (χ1n) is 6.80. The number of halogens is 1. The second kappa shape index (κ2) is 6.91. The number of carbonyl (C=O) groups is 2. The number of aromatic nitrogens is 1. The van der Waals surface area contributed by atoms with Crippen molar-refractivity contribution in [3.63, 3.8) is 0 Å². The van der Waals surface area contributed by atoms with Crippen LogP contribution in [-0.2, 0) is 11.3 Å². The second-order valence-electron chi connectivity index (χ2n) is 4.96. The maximum Gasteiger partial charge on any atom is 0.338 e. The van der Waals surface area contributed by atoms with Gasteiger partial charge in [0.15, 0.2) is 0 Å². The average molecular weight is 349 g/mol. The van der Waals surface area contributed by atoms with Crippen LogP contribution in [0.15, 0.2) is 35.3 Å². The predicted octanol–water partition coefficient (Wildman–Crippen LogP) is 0.829. The van der Waals surface area contributed by atoms with E-state index in [4.69, 9.17) is 5.73 Å². The highest BCUT2D eigenvalue weighted by molar-refractivity contribution is 5.93. The minimum absolute atomic E-state index is 0.151. The minimum Gasteiger partial charge on any atom is -0.465 e. The summed E-state index contributed by atoms with van der Waals surface area (Å²) in [6, 6.07) is 3.97. The molecule has 9 nitrogen and oxygen atoms in total. The quantitative estimate of drug-likeness (QED) is 0.482. The number of rotatable bonds is 5. The molecule has 25 heavy (non-hydrogen) atoms. The van der Waals surface area contributed by atoms with Crippen LogP contribution in [0, 0.1) is 15.9 Å². The number of nitrogens with zero attached hydrogens (tertiary/aromatic N) is 2. The van der Waals surface area contributed by atoms with Crippen LogP contribution in [0.4, 0.5) is 10.1 Å². The van der Waals surface area contributed by atoms with E-state index < -0.39 is 39.4 Å². The normalized spacial score (nSPS) is 10.3. The zero-order chi connectivity index (χ0) is 18.7. The van der Waals surface area contributed by atoms with Gasteiger partial charge < -0.3 is 15.0 Å². The largest absolute Gasteiger partial charge is 0.465 e. The average Bonchev–Trinajstić information content (AvgIpc) is 2.56. The van der Waals surface area contributed by atoms with E-state index in [1.807, 2.05) is 0 Å². The maximum atomic E-state index is 13.4. The topological polar surface area (TPSA) is 135 Å². The summed E-state index contributed by atoms with van der Waals surface area (Å²) in [5.74, 6) is -2.67. The van der Waals surface area contributed by atoms with Gasteiger partial charge in [0, 0.05) is 6.07 Å². The fourth-order valence-electron chi connectivity index (χ4n) is 2.18. The molecule has 0 atom stereocenters. The fraction of sp³-hybridized carbons (Fsp3) is 0.133. The highest BCUT2D eigenvalue weighted by Gasteiger charge is 2.19. The Labute approximate surface area is 139 Å². The minimum atomic E-state index is -1.13. The van der Waals surface area contributed by atoms with E-state index in [9.17, 15) is 28.9 Å². The number of pyridine rings is 1. The van der Waals surface area contributed by atoms with Crippen molar-refractivity contribution in [2.24, 2.45) is 5.73 Å². The molecule has 0 spiro atoms. The van der Waals surface area contributed by atoms with Gasteiger partial charge in [0.1, 0.15) is 11.4 Å². The fourth-order valence-corrected chi connectivity index (χ4v) is 2.18. The van der Waals surface area contributed by atoms with Gasteiger partial charge >= 0.3 is 5.97 Å². The molecule has 0 radical (unpaired) electrons. The molecule has 1 aromatic heterocycles. The SMILES string of the molecule is COC(=O)c1cc(F)ccc1Cn1cc([N+](=O)[O-])cc(C(N)=O)c1=O. The van der Waals surface area contributed by atoms with Crippen LogP contribution < -0.4 is 11.3 Å². The van der Waals surface area contributed by atoms with Crippen LogP contribution in [0.1, 0.15) is 26.3 Å². The Morgan fingerprint density at radius 2 is 2.00 bits per heavy atom. The van der Waals surface area contributed by atoms with E-state index in [0.29, 0.717) is 0 Å². The van der Waals surface area contributed by atoms with Gasteiger partial charge in [-0.15, -0.1) is 0 Å². The number of esters is 1. The summed E-state index contributed by atoms with van der Waals surface area (Å²) in [7, 11) is 1.10. The van der Waals surface area contributed by atoms with Gasteiger partial charge in [0.25, 0.3) is 17.2 Å². The Morgan fingerprint density at radius 3 is 2.56 bits per heavy atom. The number of methoxy groups -OCH3 is 1. The van der Waals surface area contributed by atoms with Crippen LogP contribution >= 0.6 is 0 Å². The van der Waals surface area contributed by atoms with Crippen molar-refractivity contribution >= 4 is 17.6 Å². The number of benzene rings is 1. The van der Waals surface area contributed by atoms with Gasteiger partial charge in [0.2, 0.25) is 0 Å². The number of amides is 1. The third kappa shape index (κ3) is 3.68. The smallest absolute Gasteiger partial charge is 0.338 e. The first-order valence-corrected chi connectivity index (χ1v) is 6.80. The standard InChI is InChI=1S/C15H12FN3O6/c1-25-15(22)11-4-9(16)3-2-8(11)6-18-7-10(19(23)24)5-12(13(17)20)14(18)21/h2-5,7H,6H2,1H3,(H2,17,20). The third-order valence-corrected chi connectivity index (χ3v) is 3.37. The zero-order valence-corrected chi connectivity index (χ0v) is 12.9. The lowest BCUT2D eigenvalue weighted by atomic mass is 10.1. The second-order valence-corrected chi connectivity index (χ2v) is 4.96. The van der Waals surface area contributed by atoms with Gasteiger partial charge in [-0.05, 0) is 17.7 Å². The van der Waals surface area contributed by atoms with Gasteiger partial charge in [-0.2, -0.15) is 0 Å². The van der Waals surface area contributed by atoms with E-state index in [-0.39, 0.29) is 17.7 Å². The number of nitro groups is 1. The highest BCUT2D eigenvalue weighted by atomic mass is 19.1. The van der Waals surface area contributed by atoms with Crippen LogP contribution in [0.5, 0.6) is 0 Å². The Morgan fingerprint density at radius 1 is 1.32 bits per heavy atom. The molecule has 1 aromatic carbocycles. The number of primary amides is 1. The molecule has 0 saturated carbocycles. The zero-order valence-electron chi connectivity index (χ0n) is 12.9. The molecule has 0 aliphatic carbocycles. The van der Waals surface area contributed by atoms with E-state index in [1.165, 1.54) is 6.07 Å². The molecular weight excluding hydrogens is 337 g/mol. The maximum absolute atomic E-state index is 13.4. The first kappa shape index (κ1) is 17.8. The Hall–Kier alpha value is -3.56. The molecule has 2 rings (SSSR count). The lowest BCUT2D eigenvalue weighted by molar-refractivity contribution is -0.385. The molecule has 0 saturated heterocycles. The predicted molar refractivity (Wildman–Crippen MR) is 82.7 cm³/mol. The van der Waals surface area contributed by atoms with Crippen molar-refractivity contribution in [3.05, 3.63) is 73.4 Å². The highest BCUT2D eigenvalue weighted by Crippen LogP contribution is 2.16. The summed E-state index contributed by atoms with van der Waals surface area (Å²) in [5, 5.41) is 11.0. The molecule has 0 aliphatic rings. The number of ether oxygens (including phenoxy) is 1. The molecule has 2 aromatic rings. The number of carbonyl (C=O) groups excluding carboxylic acids is 2. The van der Waals surface area contributed by atoms with Gasteiger partial charge in [0.05, 0.1) is 30.3 Å². The van der Waals surface area contributed by atoms with Gasteiger partial charge in [-0.25, -0.2) is 9.18 Å².